The molecule has 1 aromatic rings. The molecule has 1 rings (SSSR count). The van der Waals surface area contributed by atoms with Gasteiger partial charge in [0, 0.05) is 18.8 Å². The predicted octanol–water partition coefficient (Wildman–Crippen LogP) is 2.39. The summed E-state index contributed by atoms with van der Waals surface area (Å²) >= 11 is 0. The molecule has 0 radical (unpaired) electrons. The lowest BCUT2D eigenvalue weighted by Gasteiger charge is -2.15. The molecule has 0 atom stereocenters. The summed E-state index contributed by atoms with van der Waals surface area (Å²) in [6, 6.07) is 0.697. The molecule has 0 unspecified atom stereocenters. The van der Waals surface area contributed by atoms with Crippen molar-refractivity contribution in [1.82, 2.24) is 20.4 Å². The van der Waals surface area contributed by atoms with E-state index in [-0.39, 0.29) is 25.2 Å². The van der Waals surface area contributed by atoms with E-state index in [1.807, 2.05) is 13.8 Å². The van der Waals surface area contributed by atoms with Crippen LogP contribution in [-0.2, 0) is 12.7 Å². The van der Waals surface area contributed by atoms with Crippen LogP contribution in [0.4, 0.5) is 18.0 Å². The van der Waals surface area contributed by atoms with Gasteiger partial charge in [0.2, 0.25) is 0 Å². The number of rotatable bonds is 6. The standard InChI is InChI=1S/C12H19F3N4O/c1-3-9(4-2)17-11(20)16-6-8-19-7-5-10(18-19)12(13,14)15/h5,7,9H,3-4,6,8H2,1-2H3,(H2,16,17,20). The Kier molecular flexibility index (Phi) is 5.84. The van der Waals surface area contributed by atoms with E-state index >= 15 is 0 Å². The van der Waals surface area contributed by atoms with Crippen LogP contribution in [0.25, 0.3) is 0 Å². The third-order valence-corrected chi connectivity index (χ3v) is 2.88. The molecule has 1 heterocycles. The molecule has 5 nitrogen and oxygen atoms in total. The Balaban J connectivity index is 2.34. The predicted molar refractivity (Wildman–Crippen MR) is 68.1 cm³/mol. The SMILES string of the molecule is CCC(CC)NC(=O)NCCn1ccc(C(F)(F)F)n1. The highest BCUT2D eigenvalue weighted by molar-refractivity contribution is 5.74. The van der Waals surface area contributed by atoms with Crippen LogP contribution in [-0.4, -0.2) is 28.4 Å². The molecular formula is C12H19F3N4O. The Hall–Kier alpha value is -1.73. The molecule has 0 aliphatic carbocycles. The fraction of sp³-hybridized carbons (Fsp3) is 0.667. The third kappa shape index (κ3) is 5.10. The van der Waals surface area contributed by atoms with Gasteiger partial charge >= 0.3 is 12.2 Å². The van der Waals surface area contributed by atoms with Gasteiger partial charge in [-0.25, -0.2) is 4.79 Å². The summed E-state index contributed by atoms with van der Waals surface area (Å²) in [7, 11) is 0. The highest BCUT2D eigenvalue weighted by Crippen LogP contribution is 2.27. The van der Waals surface area contributed by atoms with Crippen molar-refractivity contribution in [2.45, 2.75) is 45.5 Å². The third-order valence-electron chi connectivity index (χ3n) is 2.88. The second-order valence-electron chi connectivity index (χ2n) is 4.38. The maximum atomic E-state index is 12.3. The van der Waals surface area contributed by atoms with Gasteiger partial charge in [0.15, 0.2) is 5.69 Å². The van der Waals surface area contributed by atoms with E-state index in [9.17, 15) is 18.0 Å². The van der Waals surface area contributed by atoms with Crippen LogP contribution in [0.2, 0.25) is 0 Å². The van der Waals surface area contributed by atoms with E-state index < -0.39 is 11.9 Å². The van der Waals surface area contributed by atoms with Crippen molar-refractivity contribution >= 4 is 6.03 Å². The summed E-state index contributed by atoms with van der Waals surface area (Å²) in [4.78, 5) is 11.5. The van der Waals surface area contributed by atoms with Gasteiger partial charge in [0.05, 0.1) is 6.54 Å². The number of nitrogens with one attached hydrogen (secondary N) is 2. The van der Waals surface area contributed by atoms with E-state index in [0.717, 1.165) is 23.6 Å². The Morgan fingerprint density at radius 1 is 1.40 bits per heavy atom. The van der Waals surface area contributed by atoms with Crippen molar-refractivity contribution in [3.8, 4) is 0 Å². The lowest BCUT2D eigenvalue weighted by Crippen LogP contribution is -2.42. The maximum Gasteiger partial charge on any atom is 0.435 e. The average Bonchev–Trinajstić information content (AvgIpc) is 2.84. The zero-order valence-corrected chi connectivity index (χ0v) is 11.5. The van der Waals surface area contributed by atoms with Gasteiger partial charge in [-0.15, -0.1) is 0 Å². The van der Waals surface area contributed by atoms with Gasteiger partial charge in [0.25, 0.3) is 0 Å². The van der Waals surface area contributed by atoms with Gasteiger partial charge in [-0.05, 0) is 18.9 Å². The second-order valence-corrected chi connectivity index (χ2v) is 4.38. The van der Waals surface area contributed by atoms with Gasteiger partial charge < -0.3 is 10.6 Å². The number of halogens is 3. The Labute approximate surface area is 115 Å². The van der Waals surface area contributed by atoms with Crippen molar-refractivity contribution in [3.63, 3.8) is 0 Å². The molecule has 0 saturated heterocycles. The summed E-state index contributed by atoms with van der Waals surface area (Å²) in [6.45, 7) is 4.34. The number of hydrogen-bond donors (Lipinski definition) is 2. The fourth-order valence-corrected chi connectivity index (χ4v) is 1.65. The van der Waals surface area contributed by atoms with Gasteiger partial charge in [-0.3, -0.25) is 4.68 Å². The lowest BCUT2D eigenvalue weighted by atomic mass is 10.2. The topological polar surface area (TPSA) is 59.0 Å². The van der Waals surface area contributed by atoms with Crippen LogP contribution in [0, 0.1) is 0 Å². The van der Waals surface area contributed by atoms with Crippen molar-refractivity contribution in [2.24, 2.45) is 0 Å². The van der Waals surface area contributed by atoms with Crippen LogP contribution in [0.5, 0.6) is 0 Å². The normalized spacial score (nSPS) is 11.7. The first-order chi connectivity index (χ1) is 9.36. The molecule has 1 aromatic heterocycles. The smallest absolute Gasteiger partial charge is 0.336 e. The van der Waals surface area contributed by atoms with Gasteiger partial charge in [-0.1, -0.05) is 13.8 Å². The number of alkyl halides is 3. The number of nitrogens with zero attached hydrogens (tertiary/aromatic N) is 2. The molecule has 0 fully saturated rings. The summed E-state index contributed by atoms with van der Waals surface area (Å²) in [5.41, 5.74) is -0.931. The monoisotopic (exact) mass is 292 g/mol. The molecule has 0 aliphatic heterocycles. The number of carbonyl (C=O) groups is 1. The van der Waals surface area contributed by atoms with E-state index in [1.165, 1.54) is 6.20 Å². The van der Waals surface area contributed by atoms with Gasteiger partial charge in [-0.2, -0.15) is 18.3 Å². The molecule has 114 valence electrons. The maximum absolute atomic E-state index is 12.3. The fourth-order valence-electron chi connectivity index (χ4n) is 1.65. The minimum atomic E-state index is -4.44. The van der Waals surface area contributed by atoms with E-state index in [1.54, 1.807) is 0 Å². The Bertz CT molecular complexity index is 427. The first kappa shape index (κ1) is 16.3. The Morgan fingerprint density at radius 3 is 2.55 bits per heavy atom. The minimum absolute atomic E-state index is 0.108. The molecule has 2 N–H and O–H groups in total. The highest BCUT2D eigenvalue weighted by atomic mass is 19.4. The van der Waals surface area contributed by atoms with Crippen molar-refractivity contribution < 1.29 is 18.0 Å². The van der Waals surface area contributed by atoms with E-state index in [0.29, 0.717) is 0 Å². The second kappa shape index (κ2) is 7.16. The molecular weight excluding hydrogens is 273 g/mol. The molecule has 0 aromatic carbocycles. The number of urea groups is 1. The van der Waals surface area contributed by atoms with Crippen molar-refractivity contribution in [1.29, 1.82) is 0 Å². The quantitative estimate of drug-likeness (QED) is 0.845. The molecule has 0 aliphatic rings. The first-order valence-corrected chi connectivity index (χ1v) is 6.51. The van der Waals surface area contributed by atoms with E-state index in [4.69, 9.17) is 0 Å². The molecule has 0 spiro atoms. The van der Waals surface area contributed by atoms with Crippen molar-refractivity contribution in [3.05, 3.63) is 18.0 Å². The van der Waals surface area contributed by atoms with E-state index in [2.05, 4.69) is 15.7 Å². The Morgan fingerprint density at radius 2 is 2.05 bits per heavy atom. The van der Waals surface area contributed by atoms with Crippen LogP contribution in [0.1, 0.15) is 32.4 Å². The highest BCUT2D eigenvalue weighted by Gasteiger charge is 2.33. The van der Waals surface area contributed by atoms with Crippen LogP contribution >= 0.6 is 0 Å². The lowest BCUT2D eigenvalue weighted by molar-refractivity contribution is -0.141. The molecule has 0 bridgehead atoms. The summed E-state index contributed by atoms with van der Waals surface area (Å²) in [6.07, 6.45) is -1.54. The number of carbonyl (C=O) groups excluding carboxylic acids is 1. The van der Waals surface area contributed by atoms with Crippen LogP contribution < -0.4 is 10.6 Å². The summed E-state index contributed by atoms with van der Waals surface area (Å²) < 4.78 is 38.1. The van der Waals surface area contributed by atoms with Crippen LogP contribution in [0.3, 0.4) is 0 Å². The number of aromatic nitrogens is 2. The largest absolute Gasteiger partial charge is 0.435 e. The number of amides is 2. The summed E-state index contributed by atoms with van der Waals surface area (Å²) in [5.74, 6) is 0. The molecule has 20 heavy (non-hydrogen) atoms. The zero-order chi connectivity index (χ0) is 15.2. The summed E-state index contributed by atoms with van der Waals surface area (Å²) in [5, 5.41) is 8.75. The zero-order valence-electron chi connectivity index (χ0n) is 11.5. The molecule has 2 amide bonds. The van der Waals surface area contributed by atoms with Crippen molar-refractivity contribution in [2.75, 3.05) is 6.54 Å². The minimum Gasteiger partial charge on any atom is -0.336 e. The first-order valence-electron chi connectivity index (χ1n) is 6.51. The average molecular weight is 292 g/mol. The number of hydrogen-bond acceptors (Lipinski definition) is 2. The van der Waals surface area contributed by atoms with Gasteiger partial charge in [0.1, 0.15) is 0 Å². The molecule has 0 saturated carbocycles. The van der Waals surface area contributed by atoms with Crippen LogP contribution in [0.15, 0.2) is 12.3 Å². The molecule has 8 heteroatoms.